The number of hydrogen-bond donors (Lipinski definition) is 1. The lowest BCUT2D eigenvalue weighted by atomic mass is 9.93. The second-order valence-electron chi connectivity index (χ2n) is 7.58. The van der Waals surface area contributed by atoms with E-state index in [2.05, 4.69) is 15.9 Å². The number of halogens is 1. The van der Waals surface area contributed by atoms with E-state index in [1.807, 2.05) is 78.9 Å². The van der Waals surface area contributed by atoms with E-state index in [0.717, 1.165) is 20.8 Å². The van der Waals surface area contributed by atoms with Crippen molar-refractivity contribution in [2.75, 3.05) is 4.90 Å². The first-order valence-electron chi connectivity index (χ1n) is 10.2. The molecule has 32 heavy (non-hydrogen) atoms. The number of amides is 1. The molecule has 1 aliphatic heterocycles. The van der Waals surface area contributed by atoms with Gasteiger partial charge in [-0.25, -0.2) is 0 Å². The first-order chi connectivity index (χ1) is 15.6. The standard InChI is InChI=1S/C27H18BrNO3/c28-19-15-13-18(14-16-19)24-23(26(31)27(32)29(24)20-9-2-1-3-10-20)25(30)22-12-6-8-17-7-4-5-11-21(17)22/h1-16,24,30H/b25-23-. The summed E-state index contributed by atoms with van der Waals surface area (Å²) < 4.78 is 0.881. The van der Waals surface area contributed by atoms with E-state index in [1.165, 1.54) is 4.90 Å². The highest BCUT2D eigenvalue weighted by Crippen LogP contribution is 2.43. The van der Waals surface area contributed by atoms with E-state index >= 15 is 0 Å². The van der Waals surface area contributed by atoms with Crippen LogP contribution >= 0.6 is 15.9 Å². The van der Waals surface area contributed by atoms with Gasteiger partial charge >= 0.3 is 0 Å². The molecule has 1 heterocycles. The zero-order chi connectivity index (χ0) is 22.2. The van der Waals surface area contributed by atoms with E-state index in [4.69, 9.17) is 0 Å². The highest BCUT2D eigenvalue weighted by atomic mass is 79.9. The monoisotopic (exact) mass is 483 g/mol. The Morgan fingerprint density at radius 2 is 1.44 bits per heavy atom. The van der Waals surface area contributed by atoms with Crippen LogP contribution in [0.1, 0.15) is 17.2 Å². The average molecular weight is 484 g/mol. The van der Waals surface area contributed by atoms with Crippen molar-refractivity contribution < 1.29 is 14.7 Å². The van der Waals surface area contributed by atoms with Crippen molar-refractivity contribution in [3.63, 3.8) is 0 Å². The summed E-state index contributed by atoms with van der Waals surface area (Å²) >= 11 is 3.44. The maximum absolute atomic E-state index is 13.3. The summed E-state index contributed by atoms with van der Waals surface area (Å²) in [5.74, 6) is -1.54. The van der Waals surface area contributed by atoms with Gasteiger partial charge in [-0.2, -0.15) is 0 Å². The molecule has 0 aromatic heterocycles. The van der Waals surface area contributed by atoms with Gasteiger partial charge in [0.1, 0.15) is 5.76 Å². The average Bonchev–Trinajstić information content (AvgIpc) is 3.09. The van der Waals surface area contributed by atoms with Crippen LogP contribution in [0.3, 0.4) is 0 Å². The van der Waals surface area contributed by atoms with E-state index in [0.29, 0.717) is 11.3 Å². The maximum atomic E-state index is 13.3. The molecule has 4 nitrogen and oxygen atoms in total. The van der Waals surface area contributed by atoms with Crippen molar-refractivity contribution in [1.29, 1.82) is 0 Å². The molecule has 0 saturated carbocycles. The SMILES string of the molecule is O=C1C(=O)N(c2ccccc2)C(c2ccc(Br)cc2)/C1=C(/O)c1cccc2ccccc12. The number of anilines is 1. The molecule has 5 heteroatoms. The minimum Gasteiger partial charge on any atom is -0.507 e. The number of nitrogens with zero attached hydrogens (tertiary/aromatic N) is 1. The van der Waals surface area contributed by atoms with Crippen molar-refractivity contribution in [1.82, 2.24) is 0 Å². The lowest BCUT2D eigenvalue weighted by Gasteiger charge is -2.25. The lowest BCUT2D eigenvalue weighted by Crippen LogP contribution is -2.29. The molecule has 0 aliphatic carbocycles. The third-order valence-corrected chi connectivity index (χ3v) is 6.24. The summed E-state index contributed by atoms with van der Waals surface area (Å²) in [5.41, 5.74) is 1.94. The summed E-state index contributed by atoms with van der Waals surface area (Å²) in [6.07, 6.45) is 0. The Hall–Kier alpha value is -3.70. The lowest BCUT2D eigenvalue weighted by molar-refractivity contribution is -0.132. The molecule has 0 radical (unpaired) electrons. The van der Waals surface area contributed by atoms with E-state index < -0.39 is 17.7 Å². The number of aliphatic hydroxyl groups is 1. The fourth-order valence-electron chi connectivity index (χ4n) is 4.22. The predicted octanol–water partition coefficient (Wildman–Crippen LogP) is 6.23. The summed E-state index contributed by atoms with van der Waals surface area (Å²) in [4.78, 5) is 27.9. The molecule has 1 saturated heterocycles. The second kappa shape index (κ2) is 8.09. The van der Waals surface area contributed by atoms with Crippen molar-refractivity contribution in [2.45, 2.75) is 6.04 Å². The Bertz CT molecular complexity index is 1370. The molecule has 0 bridgehead atoms. The minimum atomic E-state index is -0.746. The fourth-order valence-corrected chi connectivity index (χ4v) is 4.49. The minimum absolute atomic E-state index is 0.0810. The number of carbonyl (C=O) groups is 2. The van der Waals surface area contributed by atoms with Gasteiger partial charge in [0.05, 0.1) is 11.6 Å². The molecule has 4 aromatic rings. The first-order valence-corrected chi connectivity index (χ1v) is 11.0. The number of fused-ring (bicyclic) bond motifs is 1. The van der Waals surface area contributed by atoms with Gasteiger partial charge in [0.2, 0.25) is 0 Å². The Labute approximate surface area is 193 Å². The van der Waals surface area contributed by atoms with E-state index in [9.17, 15) is 14.7 Å². The summed E-state index contributed by atoms with van der Waals surface area (Å²) in [6, 6.07) is 28.9. The number of benzene rings is 4. The molecule has 1 aliphatic rings. The Kier molecular flexibility index (Phi) is 5.11. The number of para-hydroxylation sites is 1. The van der Waals surface area contributed by atoms with Gasteiger partial charge in [0.25, 0.3) is 11.7 Å². The molecular weight excluding hydrogens is 466 g/mol. The maximum Gasteiger partial charge on any atom is 0.300 e. The molecule has 1 atom stereocenters. The number of Topliss-reactive ketones (excluding diaryl/α,β-unsaturated/α-hetero) is 1. The first kappa shape index (κ1) is 20.2. The molecule has 1 amide bonds. The highest BCUT2D eigenvalue weighted by Gasteiger charge is 2.47. The fraction of sp³-hybridized carbons (Fsp3) is 0.0370. The third kappa shape index (κ3) is 3.31. The van der Waals surface area contributed by atoms with Crippen LogP contribution in [0, 0.1) is 0 Å². The van der Waals surface area contributed by atoms with Crippen molar-refractivity contribution in [3.05, 3.63) is 118 Å². The molecule has 4 aromatic carbocycles. The number of aliphatic hydroxyl groups excluding tert-OH is 1. The van der Waals surface area contributed by atoms with Crippen LogP contribution in [0.5, 0.6) is 0 Å². The largest absolute Gasteiger partial charge is 0.507 e. The van der Waals surface area contributed by atoms with E-state index in [1.54, 1.807) is 18.2 Å². The third-order valence-electron chi connectivity index (χ3n) is 5.71. The van der Waals surface area contributed by atoms with Crippen LogP contribution in [0.4, 0.5) is 5.69 Å². The normalized spacial score (nSPS) is 17.8. The van der Waals surface area contributed by atoms with Crippen LogP contribution in [-0.2, 0) is 9.59 Å². The Morgan fingerprint density at radius 3 is 2.19 bits per heavy atom. The molecule has 1 fully saturated rings. The van der Waals surface area contributed by atoms with Crippen molar-refractivity contribution in [3.8, 4) is 0 Å². The van der Waals surface area contributed by atoms with Gasteiger partial charge in [0, 0.05) is 15.7 Å². The van der Waals surface area contributed by atoms with E-state index in [-0.39, 0.29) is 11.3 Å². The summed E-state index contributed by atoms with van der Waals surface area (Å²) in [7, 11) is 0. The van der Waals surface area contributed by atoms with Crippen LogP contribution < -0.4 is 4.90 Å². The molecule has 1 unspecified atom stereocenters. The summed E-state index contributed by atoms with van der Waals surface area (Å²) in [5, 5.41) is 13.2. The van der Waals surface area contributed by atoms with Crippen LogP contribution in [0.25, 0.3) is 16.5 Å². The molecular formula is C27H18BrNO3. The number of ketones is 1. The Morgan fingerprint density at radius 1 is 0.781 bits per heavy atom. The van der Waals surface area contributed by atoms with Crippen molar-refractivity contribution >= 4 is 49.8 Å². The van der Waals surface area contributed by atoms with Gasteiger partial charge in [-0.15, -0.1) is 0 Å². The molecule has 156 valence electrons. The molecule has 1 N–H and O–H groups in total. The van der Waals surface area contributed by atoms with Crippen LogP contribution in [0.15, 0.2) is 107 Å². The summed E-state index contributed by atoms with van der Waals surface area (Å²) in [6.45, 7) is 0. The quantitative estimate of drug-likeness (QED) is 0.213. The van der Waals surface area contributed by atoms with Crippen molar-refractivity contribution in [2.24, 2.45) is 0 Å². The topological polar surface area (TPSA) is 57.6 Å². The smallest absolute Gasteiger partial charge is 0.300 e. The second-order valence-corrected chi connectivity index (χ2v) is 8.50. The van der Waals surface area contributed by atoms with Gasteiger partial charge in [-0.1, -0.05) is 88.7 Å². The zero-order valence-corrected chi connectivity index (χ0v) is 18.5. The van der Waals surface area contributed by atoms with Gasteiger partial charge in [0.15, 0.2) is 0 Å². The van der Waals surface area contributed by atoms with Crippen LogP contribution in [-0.4, -0.2) is 16.8 Å². The molecule has 5 rings (SSSR count). The predicted molar refractivity (Wildman–Crippen MR) is 129 cm³/mol. The van der Waals surface area contributed by atoms with Crippen LogP contribution in [0.2, 0.25) is 0 Å². The zero-order valence-electron chi connectivity index (χ0n) is 16.9. The number of hydrogen-bond acceptors (Lipinski definition) is 3. The van der Waals surface area contributed by atoms with Gasteiger partial charge in [-0.05, 0) is 40.6 Å². The highest BCUT2D eigenvalue weighted by molar-refractivity contribution is 9.10. The number of carbonyl (C=O) groups excluding carboxylic acids is 2. The van der Waals surface area contributed by atoms with Gasteiger partial charge in [-0.3, -0.25) is 14.5 Å². The Balaban J connectivity index is 1.78. The molecule has 0 spiro atoms. The number of rotatable bonds is 3. The van der Waals surface area contributed by atoms with Gasteiger partial charge < -0.3 is 5.11 Å².